The first kappa shape index (κ1) is 29.5. The molecule has 2 amide bonds. The van der Waals surface area contributed by atoms with Crippen molar-refractivity contribution in [2.24, 2.45) is 44.8 Å². The topological polar surface area (TPSA) is 82.3 Å². The summed E-state index contributed by atoms with van der Waals surface area (Å²) in [5.74, 6) is 0.241. The summed E-state index contributed by atoms with van der Waals surface area (Å²) in [6.07, 6.45) is 8.57. The Bertz CT molecular complexity index is 1380. The summed E-state index contributed by atoms with van der Waals surface area (Å²) in [6.45, 7) is 23.7. The van der Waals surface area contributed by atoms with Gasteiger partial charge in [0, 0.05) is 23.9 Å². The van der Waals surface area contributed by atoms with E-state index < -0.39 is 16.4 Å². The molecular formula is C35H49N3O4. The normalized spacial score (nSPS) is 44.4. The zero-order chi connectivity index (χ0) is 30.8. The lowest BCUT2D eigenvalue weighted by molar-refractivity contribution is -0.190. The molecule has 1 N–H and O–H groups in total. The molecule has 4 fully saturated rings. The van der Waals surface area contributed by atoms with E-state index in [-0.39, 0.29) is 70.4 Å². The molecule has 1 saturated heterocycles. The van der Waals surface area contributed by atoms with Crippen molar-refractivity contribution >= 4 is 17.6 Å². The first-order valence-electron chi connectivity index (χ1n) is 16.0. The number of hydrogen-bond acceptors (Lipinski definition) is 4. The van der Waals surface area contributed by atoms with Crippen molar-refractivity contribution in [3.05, 3.63) is 34.5 Å². The lowest BCUT2D eigenvalue weighted by atomic mass is 9.35. The number of nitrogens with zero attached hydrogens (tertiary/aromatic N) is 3. The number of amides is 2. The summed E-state index contributed by atoms with van der Waals surface area (Å²) in [5, 5.41) is 11.1. The summed E-state index contributed by atoms with van der Waals surface area (Å²) in [6, 6.07) is 0. The largest absolute Gasteiger partial charge is 0.523 e. The fraction of sp³-hybridized carbons (Fsp3) is 0.771. The second-order valence-corrected chi connectivity index (χ2v) is 16.8. The zero-order valence-electron chi connectivity index (χ0n) is 26.9. The van der Waals surface area contributed by atoms with Gasteiger partial charge in [0.2, 0.25) is 17.5 Å². The monoisotopic (exact) mass is 575 g/mol. The first-order valence-corrected chi connectivity index (χ1v) is 16.0. The van der Waals surface area contributed by atoms with Crippen LogP contribution in [0.4, 0.5) is 0 Å². The minimum Gasteiger partial charge on any atom is -0.523 e. The van der Waals surface area contributed by atoms with Gasteiger partial charge < -0.3 is 14.9 Å². The summed E-state index contributed by atoms with van der Waals surface area (Å²) in [7, 11) is 1.70. The molecule has 6 aliphatic rings. The zero-order valence-corrected chi connectivity index (χ0v) is 26.9. The maximum absolute atomic E-state index is 14.7. The van der Waals surface area contributed by atoms with Crippen LogP contribution < -0.4 is 0 Å². The first-order chi connectivity index (χ1) is 19.4. The van der Waals surface area contributed by atoms with Crippen LogP contribution in [0.25, 0.3) is 4.85 Å². The number of aliphatic hydroxyl groups excluding tert-OH is 1. The quantitative estimate of drug-likeness (QED) is 0.371. The van der Waals surface area contributed by atoms with Crippen LogP contribution in [0.5, 0.6) is 0 Å². The van der Waals surface area contributed by atoms with Crippen molar-refractivity contribution in [2.45, 2.75) is 105 Å². The second-order valence-electron chi connectivity index (χ2n) is 16.8. The molecule has 1 aliphatic heterocycles. The molecule has 0 unspecified atom stereocenters. The Morgan fingerprint density at radius 3 is 2.26 bits per heavy atom. The number of fused-ring (bicyclic) bond motifs is 7. The van der Waals surface area contributed by atoms with Gasteiger partial charge in [0.15, 0.2) is 5.78 Å². The molecule has 228 valence electrons. The second kappa shape index (κ2) is 8.73. The van der Waals surface area contributed by atoms with Gasteiger partial charge in [-0.15, -0.1) is 0 Å². The Labute approximate surface area is 251 Å². The van der Waals surface area contributed by atoms with Crippen molar-refractivity contribution in [1.82, 2.24) is 9.80 Å². The molecule has 7 nitrogen and oxygen atoms in total. The van der Waals surface area contributed by atoms with Crippen molar-refractivity contribution in [1.29, 1.82) is 0 Å². The van der Waals surface area contributed by atoms with Gasteiger partial charge in [0.25, 0.3) is 0 Å². The van der Waals surface area contributed by atoms with E-state index in [1.165, 1.54) is 10.5 Å². The molecule has 0 spiro atoms. The van der Waals surface area contributed by atoms with Gasteiger partial charge in [0.05, 0.1) is 13.1 Å². The van der Waals surface area contributed by atoms with Crippen molar-refractivity contribution in [3.8, 4) is 0 Å². The number of ketones is 1. The third kappa shape index (κ3) is 3.53. The Hall–Kier alpha value is -2.62. The van der Waals surface area contributed by atoms with E-state index >= 15 is 0 Å². The molecule has 0 radical (unpaired) electrons. The van der Waals surface area contributed by atoms with Crippen LogP contribution in [0.2, 0.25) is 0 Å². The predicted molar refractivity (Wildman–Crippen MR) is 161 cm³/mol. The van der Waals surface area contributed by atoms with Gasteiger partial charge in [-0.2, -0.15) is 0 Å². The number of allylic oxidation sites excluding steroid dienone is 4. The number of hydrogen-bond donors (Lipinski definition) is 1. The molecule has 0 aromatic carbocycles. The van der Waals surface area contributed by atoms with Crippen LogP contribution in [0, 0.1) is 51.4 Å². The highest BCUT2D eigenvalue weighted by molar-refractivity contribution is 5.96. The average molecular weight is 576 g/mol. The number of likely N-dealkylation sites (N-methyl/N-ethyl adjacent to an activating group) is 1. The number of carbonyl (C=O) groups is 3. The van der Waals surface area contributed by atoms with E-state index in [0.29, 0.717) is 12.1 Å². The van der Waals surface area contributed by atoms with Crippen molar-refractivity contribution in [3.63, 3.8) is 0 Å². The van der Waals surface area contributed by atoms with Gasteiger partial charge in [0.1, 0.15) is 12.3 Å². The molecule has 42 heavy (non-hydrogen) atoms. The van der Waals surface area contributed by atoms with Crippen LogP contribution in [0.1, 0.15) is 99.8 Å². The molecule has 0 bridgehead atoms. The molecule has 7 heteroatoms. The average Bonchev–Trinajstić information content (AvgIpc) is 2.89. The van der Waals surface area contributed by atoms with E-state index in [1.807, 2.05) is 11.0 Å². The van der Waals surface area contributed by atoms with Gasteiger partial charge in [-0.1, -0.05) is 54.0 Å². The predicted octanol–water partition coefficient (Wildman–Crippen LogP) is 6.32. The van der Waals surface area contributed by atoms with Crippen LogP contribution in [0.3, 0.4) is 0 Å². The lowest BCUT2D eigenvalue weighted by Gasteiger charge is -2.71. The third-order valence-electron chi connectivity index (χ3n) is 14.0. The van der Waals surface area contributed by atoms with Gasteiger partial charge >= 0.3 is 0 Å². The molecular weight excluding hydrogens is 526 g/mol. The van der Waals surface area contributed by atoms with Crippen LogP contribution in [-0.4, -0.2) is 58.2 Å². The molecule has 7 atom stereocenters. The Balaban J connectivity index is 1.49. The summed E-state index contributed by atoms with van der Waals surface area (Å²) >= 11 is 0. The maximum Gasteiger partial charge on any atom is 0.243 e. The molecule has 5 aliphatic carbocycles. The lowest BCUT2D eigenvalue weighted by Crippen LogP contribution is -2.72. The van der Waals surface area contributed by atoms with E-state index in [9.17, 15) is 19.5 Å². The minimum absolute atomic E-state index is 0.00633. The standard InChI is InChI=1S/C35H49N3O4/c1-30(2)12-14-35(38-20-26(40)37(9)19-27(38)41)15-13-34(7)28(21(35)17-30)23(39)16-25-32(5)18-22(36-8)29(42)31(3,4)24(32)10-11-33(25,34)6/h16,21,24,28,42H,10-15,17-20H2,1-7,9H3/t21-,24-,28-,32-,33+,34+,35-/m0/s1. The fourth-order valence-corrected chi connectivity index (χ4v) is 11.5. The summed E-state index contributed by atoms with van der Waals surface area (Å²) in [5.41, 5.74) is -0.335. The van der Waals surface area contributed by atoms with Gasteiger partial charge in [-0.3, -0.25) is 14.4 Å². The summed E-state index contributed by atoms with van der Waals surface area (Å²) < 4.78 is 0. The van der Waals surface area contributed by atoms with Crippen molar-refractivity contribution in [2.75, 3.05) is 20.1 Å². The molecule has 0 aromatic rings. The highest BCUT2D eigenvalue weighted by Gasteiger charge is 2.71. The van der Waals surface area contributed by atoms with E-state index in [2.05, 4.69) is 53.3 Å². The van der Waals surface area contributed by atoms with E-state index in [4.69, 9.17) is 6.57 Å². The maximum atomic E-state index is 14.7. The van der Waals surface area contributed by atoms with Crippen LogP contribution in [0.15, 0.2) is 23.1 Å². The van der Waals surface area contributed by atoms with Gasteiger partial charge in [-0.05, 0) is 90.9 Å². The molecule has 6 rings (SSSR count). The summed E-state index contributed by atoms with van der Waals surface area (Å²) in [4.78, 5) is 48.5. The molecule has 0 aromatic heterocycles. The molecule has 3 saturated carbocycles. The van der Waals surface area contributed by atoms with Gasteiger partial charge in [-0.25, -0.2) is 4.85 Å². The smallest absolute Gasteiger partial charge is 0.243 e. The molecule has 1 heterocycles. The minimum atomic E-state index is -0.542. The van der Waals surface area contributed by atoms with E-state index in [0.717, 1.165) is 44.9 Å². The van der Waals surface area contributed by atoms with Crippen molar-refractivity contribution < 1.29 is 19.5 Å². The Morgan fingerprint density at radius 2 is 1.60 bits per heavy atom. The fourth-order valence-electron chi connectivity index (χ4n) is 11.5. The Morgan fingerprint density at radius 1 is 0.929 bits per heavy atom. The number of aliphatic hydroxyl groups is 1. The number of rotatable bonds is 1. The van der Waals surface area contributed by atoms with E-state index in [1.54, 1.807) is 7.05 Å². The Kier molecular flexibility index (Phi) is 6.12. The highest BCUT2D eigenvalue weighted by atomic mass is 16.3. The number of carbonyl (C=O) groups excluding carboxylic acids is 3. The highest BCUT2D eigenvalue weighted by Crippen LogP contribution is 2.74. The van der Waals surface area contributed by atoms with Crippen LogP contribution >= 0.6 is 0 Å². The SMILES string of the molecule is [C-]#[N+]C1=C(O)C(C)(C)[C@@H]2CC[C@]3(C)C(=CC(=O)[C@@H]4[C@@H]5CC(C)(C)CC[C@]5(N5CC(=O)N(C)CC5=O)CC[C@]43C)[C@@]2(C)C1. The number of piperazine rings is 1. The van der Waals surface area contributed by atoms with Crippen LogP contribution in [-0.2, 0) is 14.4 Å². The third-order valence-corrected chi connectivity index (χ3v) is 14.0.